The molecule has 1 aromatic rings. The molecule has 0 unspecified atom stereocenters. The van der Waals surface area contributed by atoms with Crippen LogP contribution in [0, 0.1) is 10.1 Å². The van der Waals surface area contributed by atoms with Crippen LogP contribution in [0.3, 0.4) is 0 Å². The lowest BCUT2D eigenvalue weighted by molar-refractivity contribution is -0.384. The standard InChI is InChI=1S/C13H16N2O5/c1-14(9-5-7-20-8-6-9)12-10(13(16)17)3-2-4-11(12)15(18)19/h2-4,9H,5-8H2,1H3,(H,16,17). The maximum absolute atomic E-state index is 11.3. The number of nitro groups is 1. The number of hydrogen-bond donors (Lipinski definition) is 1. The van der Waals surface area contributed by atoms with Crippen LogP contribution in [-0.2, 0) is 4.74 Å². The van der Waals surface area contributed by atoms with E-state index in [9.17, 15) is 20.0 Å². The van der Waals surface area contributed by atoms with Crippen LogP contribution in [-0.4, -0.2) is 42.3 Å². The van der Waals surface area contributed by atoms with Gasteiger partial charge >= 0.3 is 5.97 Å². The van der Waals surface area contributed by atoms with Crippen molar-refractivity contribution in [3.05, 3.63) is 33.9 Å². The molecule has 1 fully saturated rings. The number of carboxylic acids is 1. The molecular formula is C13H16N2O5. The quantitative estimate of drug-likeness (QED) is 0.669. The van der Waals surface area contributed by atoms with Gasteiger partial charge in [-0.05, 0) is 18.9 Å². The van der Waals surface area contributed by atoms with Crippen molar-refractivity contribution < 1.29 is 19.6 Å². The fourth-order valence-corrected chi connectivity index (χ4v) is 2.48. The maximum Gasteiger partial charge on any atom is 0.338 e. The predicted octanol–water partition coefficient (Wildman–Crippen LogP) is 1.91. The molecule has 0 saturated carbocycles. The number of carbonyl (C=O) groups is 1. The molecule has 0 bridgehead atoms. The Balaban J connectivity index is 2.46. The number of aromatic carboxylic acids is 1. The molecule has 20 heavy (non-hydrogen) atoms. The fraction of sp³-hybridized carbons (Fsp3) is 0.462. The van der Waals surface area contributed by atoms with Crippen LogP contribution in [0.1, 0.15) is 23.2 Å². The van der Waals surface area contributed by atoms with Crippen molar-refractivity contribution in [3.8, 4) is 0 Å². The van der Waals surface area contributed by atoms with Gasteiger partial charge in [-0.15, -0.1) is 0 Å². The van der Waals surface area contributed by atoms with E-state index in [1.54, 1.807) is 11.9 Å². The largest absolute Gasteiger partial charge is 0.478 e. The summed E-state index contributed by atoms with van der Waals surface area (Å²) in [5.41, 5.74) is -0.0658. The van der Waals surface area contributed by atoms with Gasteiger partial charge in [0.05, 0.1) is 10.5 Å². The number of nitrogens with zero attached hydrogens (tertiary/aromatic N) is 2. The Bertz CT molecular complexity index is 493. The van der Waals surface area contributed by atoms with Crippen molar-refractivity contribution in [2.75, 3.05) is 25.2 Å². The van der Waals surface area contributed by atoms with Crippen molar-refractivity contribution in [1.82, 2.24) is 0 Å². The van der Waals surface area contributed by atoms with Gasteiger partial charge in [0.15, 0.2) is 0 Å². The van der Waals surface area contributed by atoms with Gasteiger partial charge in [0.1, 0.15) is 5.69 Å². The first-order valence-corrected chi connectivity index (χ1v) is 6.33. The Kier molecular flexibility index (Phi) is 4.19. The van der Waals surface area contributed by atoms with Gasteiger partial charge in [0.25, 0.3) is 5.69 Å². The third kappa shape index (κ3) is 2.72. The number of anilines is 1. The number of hydrogen-bond acceptors (Lipinski definition) is 5. The van der Waals surface area contributed by atoms with Crippen molar-refractivity contribution in [2.45, 2.75) is 18.9 Å². The molecule has 1 aliphatic heterocycles. The van der Waals surface area contributed by atoms with E-state index in [1.165, 1.54) is 18.2 Å². The maximum atomic E-state index is 11.3. The van der Waals surface area contributed by atoms with Crippen LogP contribution >= 0.6 is 0 Å². The van der Waals surface area contributed by atoms with E-state index in [0.29, 0.717) is 13.2 Å². The van der Waals surface area contributed by atoms with E-state index in [-0.39, 0.29) is 23.0 Å². The Morgan fingerprint density at radius 3 is 2.65 bits per heavy atom. The lowest BCUT2D eigenvalue weighted by Gasteiger charge is -2.33. The summed E-state index contributed by atoms with van der Waals surface area (Å²) in [7, 11) is 1.70. The molecule has 1 heterocycles. The minimum Gasteiger partial charge on any atom is -0.478 e. The van der Waals surface area contributed by atoms with Crippen LogP contribution in [0.4, 0.5) is 11.4 Å². The minimum atomic E-state index is -1.16. The van der Waals surface area contributed by atoms with E-state index in [4.69, 9.17) is 4.74 Å². The number of para-hydroxylation sites is 1. The number of nitro benzene ring substituents is 1. The second-order valence-corrected chi connectivity index (χ2v) is 4.69. The molecule has 2 rings (SSSR count). The zero-order valence-corrected chi connectivity index (χ0v) is 11.1. The number of ether oxygens (including phenoxy) is 1. The normalized spacial score (nSPS) is 15.8. The molecule has 1 saturated heterocycles. The number of benzene rings is 1. The zero-order valence-electron chi connectivity index (χ0n) is 11.1. The summed E-state index contributed by atoms with van der Waals surface area (Å²) in [6, 6.07) is 4.16. The van der Waals surface area contributed by atoms with E-state index in [0.717, 1.165) is 12.8 Å². The van der Waals surface area contributed by atoms with Gasteiger partial charge < -0.3 is 14.7 Å². The van der Waals surface area contributed by atoms with Gasteiger partial charge in [-0.2, -0.15) is 0 Å². The van der Waals surface area contributed by atoms with E-state index < -0.39 is 10.9 Å². The summed E-state index contributed by atoms with van der Waals surface area (Å²) in [6.45, 7) is 1.16. The summed E-state index contributed by atoms with van der Waals surface area (Å²) in [6.07, 6.45) is 1.45. The molecule has 0 aliphatic carbocycles. The summed E-state index contributed by atoms with van der Waals surface area (Å²) in [4.78, 5) is 23.6. The third-order valence-electron chi connectivity index (χ3n) is 3.53. The van der Waals surface area contributed by atoms with Gasteiger partial charge in [-0.25, -0.2) is 4.79 Å². The predicted molar refractivity (Wildman–Crippen MR) is 72.3 cm³/mol. The van der Waals surface area contributed by atoms with Crippen LogP contribution in [0.25, 0.3) is 0 Å². The van der Waals surface area contributed by atoms with Crippen molar-refractivity contribution in [2.24, 2.45) is 0 Å². The molecule has 7 nitrogen and oxygen atoms in total. The molecule has 0 atom stereocenters. The highest BCUT2D eigenvalue weighted by Gasteiger charge is 2.29. The van der Waals surface area contributed by atoms with Crippen LogP contribution < -0.4 is 4.90 Å². The summed E-state index contributed by atoms with van der Waals surface area (Å²) >= 11 is 0. The summed E-state index contributed by atoms with van der Waals surface area (Å²) < 4.78 is 5.26. The molecular weight excluding hydrogens is 264 g/mol. The van der Waals surface area contributed by atoms with Crippen LogP contribution in [0.2, 0.25) is 0 Å². The van der Waals surface area contributed by atoms with Crippen LogP contribution in [0.15, 0.2) is 18.2 Å². The monoisotopic (exact) mass is 280 g/mol. The second kappa shape index (κ2) is 5.87. The molecule has 7 heteroatoms. The Morgan fingerprint density at radius 2 is 2.10 bits per heavy atom. The van der Waals surface area contributed by atoms with Gasteiger partial charge in [0, 0.05) is 32.4 Å². The highest BCUT2D eigenvalue weighted by Crippen LogP contribution is 2.34. The first-order valence-electron chi connectivity index (χ1n) is 6.33. The topological polar surface area (TPSA) is 92.9 Å². The summed E-state index contributed by atoms with van der Waals surface area (Å²) in [5.74, 6) is -1.16. The fourth-order valence-electron chi connectivity index (χ4n) is 2.48. The molecule has 0 spiro atoms. The third-order valence-corrected chi connectivity index (χ3v) is 3.53. The van der Waals surface area contributed by atoms with Crippen molar-refractivity contribution in [3.63, 3.8) is 0 Å². The summed E-state index contributed by atoms with van der Waals surface area (Å²) in [5, 5.41) is 20.4. The highest BCUT2D eigenvalue weighted by molar-refractivity contribution is 5.97. The molecule has 1 aliphatic rings. The van der Waals surface area contributed by atoms with Crippen LogP contribution in [0.5, 0.6) is 0 Å². The lowest BCUT2D eigenvalue weighted by atomic mass is 10.0. The average molecular weight is 280 g/mol. The molecule has 0 amide bonds. The SMILES string of the molecule is CN(c1c(C(=O)O)cccc1[N+](=O)[O-])C1CCOCC1. The number of rotatable bonds is 4. The number of carboxylic acid groups (broad SMARTS) is 1. The smallest absolute Gasteiger partial charge is 0.338 e. The van der Waals surface area contributed by atoms with Gasteiger partial charge in [-0.3, -0.25) is 10.1 Å². The first kappa shape index (κ1) is 14.3. The van der Waals surface area contributed by atoms with E-state index in [1.807, 2.05) is 0 Å². The van der Waals surface area contributed by atoms with Gasteiger partial charge in [-0.1, -0.05) is 6.07 Å². The van der Waals surface area contributed by atoms with Crippen molar-refractivity contribution >= 4 is 17.3 Å². The first-order chi connectivity index (χ1) is 9.52. The lowest BCUT2D eigenvalue weighted by Crippen LogP contribution is -2.37. The van der Waals surface area contributed by atoms with E-state index >= 15 is 0 Å². The second-order valence-electron chi connectivity index (χ2n) is 4.69. The zero-order chi connectivity index (χ0) is 14.7. The molecule has 1 aromatic carbocycles. The average Bonchev–Trinajstić information content (AvgIpc) is 2.46. The Morgan fingerprint density at radius 1 is 1.45 bits per heavy atom. The Labute approximate surface area is 115 Å². The van der Waals surface area contributed by atoms with Gasteiger partial charge in [0.2, 0.25) is 0 Å². The molecule has 0 radical (unpaired) electrons. The van der Waals surface area contributed by atoms with Crippen molar-refractivity contribution in [1.29, 1.82) is 0 Å². The molecule has 0 aromatic heterocycles. The minimum absolute atomic E-state index is 0.0444. The highest BCUT2D eigenvalue weighted by atomic mass is 16.6. The Hall–Kier alpha value is -2.15. The molecule has 108 valence electrons. The van der Waals surface area contributed by atoms with E-state index in [2.05, 4.69) is 0 Å². The molecule has 1 N–H and O–H groups in total.